The molecule has 7 nitrogen and oxygen atoms in total. The molecule has 9 heteroatoms. The molecule has 1 N–H and O–H groups in total. The third kappa shape index (κ3) is 6.05. The number of carbonyl (C=O) groups is 1. The lowest BCUT2D eigenvalue weighted by Crippen LogP contribution is -2.27. The van der Waals surface area contributed by atoms with E-state index in [-0.39, 0.29) is 11.5 Å². The van der Waals surface area contributed by atoms with Crippen LogP contribution in [0.25, 0.3) is 10.9 Å². The SMILES string of the molecule is COc1cc2nc(S[C@@H](C)C(=O)Nc3cccc(Cl)c3)n(CCC3=CCCCC3)c(=O)c2cc1OC. The largest absolute Gasteiger partial charge is 0.493 e. The monoisotopic (exact) mass is 527 g/mol. The predicted molar refractivity (Wildman–Crippen MR) is 146 cm³/mol. The van der Waals surface area contributed by atoms with Crippen molar-refractivity contribution in [2.75, 3.05) is 19.5 Å². The Balaban J connectivity index is 1.68. The van der Waals surface area contributed by atoms with E-state index < -0.39 is 5.25 Å². The number of methoxy groups -OCH3 is 2. The van der Waals surface area contributed by atoms with Crippen molar-refractivity contribution in [2.45, 2.75) is 56.0 Å². The number of thioether (sulfide) groups is 1. The van der Waals surface area contributed by atoms with Gasteiger partial charge in [-0.05, 0) is 63.3 Å². The Morgan fingerprint density at radius 3 is 2.67 bits per heavy atom. The molecule has 1 aliphatic rings. The molecule has 0 bridgehead atoms. The maximum absolute atomic E-state index is 13.6. The summed E-state index contributed by atoms with van der Waals surface area (Å²) in [7, 11) is 3.08. The standard InChI is InChI=1S/C27H30ClN3O4S/c1-17(25(32)29-20-11-7-10-19(28)14-20)36-27-30-22-16-24(35-3)23(34-2)15-21(22)26(33)31(27)13-12-18-8-5-4-6-9-18/h7-8,10-11,14-17H,4-6,9,12-13H2,1-3H3,(H,29,32)/t17-/m0/s1. The molecular weight excluding hydrogens is 498 g/mol. The molecule has 0 saturated heterocycles. The van der Waals surface area contributed by atoms with Crippen molar-refractivity contribution in [3.63, 3.8) is 0 Å². The molecule has 0 fully saturated rings. The van der Waals surface area contributed by atoms with Gasteiger partial charge in [0.25, 0.3) is 5.56 Å². The lowest BCUT2D eigenvalue weighted by atomic mass is 9.97. The molecule has 1 atom stereocenters. The van der Waals surface area contributed by atoms with Gasteiger partial charge in [-0.2, -0.15) is 0 Å². The first kappa shape index (κ1) is 26.1. The first-order valence-electron chi connectivity index (χ1n) is 12.0. The van der Waals surface area contributed by atoms with Gasteiger partial charge >= 0.3 is 0 Å². The Hall–Kier alpha value is -2.97. The van der Waals surface area contributed by atoms with Crippen molar-refractivity contribution < 1.29 is 14.3 Å². The fourth-order valence-corrected chi connectivity index (χ4v) is 5.35. The second-order valence-corrected chi connectivity index (χ2v) is 10.4. The number of benzene rings is 2. The molecule has 190 valence electrons. The predicted octanol–water partition coefficient (Wildman–Crippen LogP) is 6.08. The number of fused-ring (bicyclic) bond motifs is 1. The number of hydrogen-bond acceptors (Lipinski definition) is 6. The molecule has 1 aliphatic carbocycles. The van der Waals surface area contributed by atoms with Crippen LogP contribution in [0.3, 0.4) is 0 Å². The highest BCUT2D eigenvalue weighted by atomic mass is 35.5. The molecular formula is C27H30ClN3O4S. The zero-order chi connectivity index (χ0) is 25.7. The highest BCUT2D eigenvalue weighted by Crippen LogP contribution is 2.32. The molecule has 1 amide bonds. The van der Waals surface area contributed by atoms with Gasteiger partial charge in [-0.1, -0.05) is 41.1 Å². The average molecular weight is 528 g/mol. The molecule has 1 heterocycles. The summed E-state index contributed by atoms with van der Waals surface area (Å²) >= 11 is 7.30. The number of amides is 1. The van der Waals surface area contributed by atoms with Crippen LogP contribution in [-0.2, 0) is 11.3 Å². The van der Waals surface area contributed by atoms with Gasteiger partial charge in [0.15, 0.2) is 16.7 Å². The number of halogens is 1. The molecule has 0 unspecified atom stereocenters. The highest BCUT2D eigenvalue weighted by Gasteiger charge is 2.21. The van der Waals surface area contributed by atoms with Crippen molar-refractivity contribution >= 4 is 45.9 Å². The Kier molecular flexibility index (Phi) is 8.59. The molecule has 3 aromatic rings. The third-order valence-corrected chi connectivity index (χ3v) is 7.53. The summed E-state index contributed by atoms with van der Waals surface area (Å²) in [6, 6.07) is 10.4. The van der Waals surface area contributed by atoms with Crippen LogP contribution in [0.2, 0.25) is 5.02 Å². The average Bonchev–Trinajstić information content (AvgIpc) is 2.88. The van der Waals surface area contributed by atoms with Crippen LogP contribution in [0.5, 0.6) is 11.5 Å². The van der Waals surface area contributed by atoms with Crippen LogP contribution in [0.1, 0.15) is 39.0 Å². The summed E-state index contributed by atoms with van der Waals surface area (Å²) in [6.07, 6.45) is 7.59. The van der Waals surface area contributed by atoms with Crippen molar-refractivity contribution in [2.24, 2.45) is 0 Å². The summed E-state index contributed by atoms with van der Waals surface area (Å²) in [5.74, 6) is 0.760. The maximum atomic E-state index is 13.6. The maximum Gasteiger partial charge on any atom is 0.262 e. The van der Waals surface area contributed by atoms with E-state index in [0.29, 0.717) is 44.8 Å². The van der Waals surface area contributed by atoms with Crippen molar-refractivity contribution in [1.29, 1.82) is 0 Å². The van der Waals surface area contributed by atoms with Crippen molar-refractivity contribution in [3.8, 4) is 11.5 Å². The van der Waals surface area contributed by atoms with Crippen LogP contribution < -0.4 is 20.3 Å². The van der Waals surface area contributed by atoms with E-state index in [1.54, 1.807) is 55.0 Å². The molecule has 0 saturated carbocycles. The Bertz CT molecular complexity index is 1350. The number of ether oxygens (including phenoxy) is 2. The number of anilines is 1. The number of nitrogens with zero attached hydrogens (tertiary/aromatic N) is 2. The van der Waals surface area contributed by atoms with Gasteiger partial charge in [-0.15, -0.1) is 0 Å². The summed E-state index contributed by atoms with van der Waals surface area (Å²) in [5, 5.41) is 3.86. The fourth-order valence-electron chi connectivity index (χ4n) is 4.22. The van der Waals surface area contributed by atoms with E-state index in [2.05, 4.69) is 11.4 Å². The van der Waals surface area contributed by atoms with Gasteiger partial charge in [-0.3, -0.25) is 14.2 Å². The number of nitrogens with one attached hydrogen (secondary N) is 1. The lowest BCUT2D eigenvalue weighted by Gasteiger charge is -2.18. The van der Waals surface area contributed by atoms with Crippen LogP contribution >= 0.6 is 23.4 Å². The van der Waals surface area contributed by atoms with Crippen molar-refractivity contribution in [3.05, 3.63) is 63.4 Å². The van der Waals surface area contributed by atoms with Gasteiger partial charge in [0.2, 0.25) is 5.91 Å². The van der Waals surface area contributed by atoms with Crippen LogP contribution in [-0.4, -0.2) is 34.9 Å². The number of aromatic nitrogens is 2. The molecule has 36 heavy (non-hydrogen) atoms. The summed E-state index contributed by atoms with van der Waals surface area (Å²) in [4.78, 5) is 31.4. The normalized spacial score (nSPS) is 14.3. The Morgan fingerprint density at radius 2 is 1.97 bits per heavy atom. The van der Waals surface area contributed by atoms with Gasteiger partial charge in [0.1, 0.15) is 0 Å². The summed E-state index contributed by atoms with van der Waals surface area (Å²) in [6.45, 7) is 2.29. The second kappa shape index (κ2) is 11.8. The highest BCUT2D eigenvalue weighted by molar-refractivity contribution is 8.00. The quantitative estimate of drug-likeness (QED) is 0.206. The van der Waals surface area contributed by atoms with E-state index in [0.717, 1.165) is 19.3 Å². The first-order valence-corrected chi connectivity index (χ1v) is 13.2. The van der Waals surface area contributed by atoms with Crippen LogP contribution in [0.4, 0.5) is 5.69 Å². The number of allylic oxidation sites excluding steroid dienone is 2. The van der Waals surface area contributed by atoms with E-state index in [1.807, 2.05) is 0 Å². The molecule has 0 spiro atoms. The van der Waals surface area contributed by atoms with E-state index in [1.165, 1.54) is 37.3 Å². The van der Waals surface area contributed by atoms with Gasteiger partial charge in [-0.25, -0.2) is 4.98 Å². The first-order chi connectivity index (χ1) is 17.4. The Morgan fingerprint density at radius 1 is 1.19 bits per heavy atom. The van der Waals surface area contributed by atoms with Gasteiger partial charge in [0, 0.05) is 23.3 Å². The lowest BCUT2D eigenvalue weighted by molar-refractivity contribution is -0.115. The molecule has 4 rings (SSSR count). The fraction of sp³-hybridized carbons (Fsp3) is 0.370. The zero-order valence-corrected chi connectivity index (χ0v) is 22.2. The topological polar surface area (TPSA) is 82.5 Å². The third-order valence-electron chi connectivity index (χ3n) is 6.21. The summed E-state index contributed by atoms with van der Waals surface area (Å²) in [5.41, 5.74) is 2.31. The smallest absolute Gasteiger partial charge is 0.262 e. The minimum atomic E-state index is -0.506. The second-order valence-electron chi connectivity index (χ2n) is 8.69. The number of hydrogen-bond donors (Lipinski definition) is 1. The zero-order valence-electron chi connectivity index (χ0n) is 20.7. The molecule has 1 aromatic heterocycles. The number of carbonyl (C=O) groups excluding carboxylic acids is 1. The van der Waals surface area contributed by atoms with E-state index >= 15 is 0 Å². The molecule has 2 aromatic carbocycles. The van der Waals surface area contributed by atoms with Crippen LogP contribution in [0.15, 0.2) is 58.0 Å². The molecule has 0 aliphatic heterocycles. The Labute approximate surface area is 219 Å². The van der Waals surface area contributed by atoms with Gasteiger partial charge < -0.3 is 14.8 Å². The van der Waals surface area contributed by atoms with E-state index in [4.69, 9.17) is 26.1 Å². The molecule has 0 radical (unpaired) electrons. The number of rotatable bonds is 9. The van der Waals surface area contributed by atoms with Crippen molar-refractivity contribution in [1.82, 2.24) is 9.55 Å². The van der Waals surface area contributed by atoms with Crippen LogP contribution in [0, 0.1) is 0 Å². The minimum Gasteiger partial charge on any atom is -0.493 e. The van der Waals surface area contributed by atoms with E-state index in [9.17, 15) is 9.59 Å². The minimum absolute atomic E-state index is 0.165. The van der Waals surface area contributed by atoms with Gasteiger partial charge in [0.05, 0.1) is 30.4 Å². The summed E-state index contributed by atoms with van der Waals surface area (Å²) < 4.78 is 12.5.